The summed E-state index contributed by atoms with van der Waals surface area (Å²) in [7, 11) is 0. The molecule has 1 N–H and O–H groups in total. The molecule has 2 fully saturated rings. The monoisotopic (exact) mass is 227 g/mol. The van der Waals surface area contributed by atoms with Crippen molar-refractivity contribution in [3.63, 3.8) is 0 Å². The topological polar surface area (TPSA) is 32.7 Å². The molecule has 2 aliphatic rings. The van der Waals surface area contributed by atoms with E-state index in [9.17, 15) is 5.11 Å². The quantitative estimate of drug-likeness (QED) is 0.795. The van der Waals surface area contributed by atoms with Gasteiger partial charge in [-0.2, -0.15) is 0 Å². The van der Waals surface area contributed by atoms with Crippen LogP contribution in [-0.4, -0.2) is 48.5 Å². The summed E-state index contributed by atoms with van der Waals surface area (Å²) in [6, 6.07) is 0. The second kappa shape index (κ2) is 5.99. The van der Waals surface area contributed by atoms with Crippen LogP contribution in [0, 0.1) is 5.92 Å². The summed E-state index contributed by atoms with van der Waals surface area (Å²) in [5.41, 5.74) is 0. The van der Waals surface area contributed by atoms with E-state index in [4.69, 9.17) is 4.74 Å². The Bertz CT molecular complexity index is 204. The van der Waals surface area contributed by atoms with Gasteiger partial charge in [0.25, 0.3) is 0 Å². The van der Waals surface area contributed by atoms with Gasteiger partial charge in [-0.25, -0.2) is 0 Å². The van der Waals surface area contributed by atoms with Crippen LogP contribution in [0.15, 0.2) is 0 Å². The van der Waals surface area contributed by atoms with Crippen molar-refractivity contribution in [1.82, 2.24) is 4.90 Å². The number of hydrogen-bond donors (Lipinski definition) is 1. The highest BCUT2D eigenvalue weighted by Gasteiger charge is 2.25. The third-order valence-electron chi connectivity index (χ3n) is 3.96. The van der Waals surface area contributed by atoms with Crippen LogP contribution in [0.1, 0.15) is 39.0 Å². The molecule has 3 nitrogen and oxygen atoms in total. The van der Waals surface area contributed by atoms with Gasteiger partial charge in [0, 0.05) is 19.6 Å². The molecule has 0 amide bonds. The van der Waals surface area contributed by atoms with E-state index < -0.39 is 0 Å². The maximum Gasteiger partial charge on any atom is 0.0695 e. The van der Waals surface area contributed by atoms with Gasteiger partial charge in [0.05, 0.1) is 18.8 Å². The maximum atomic E-state index is 10.2. The molecule has 94 valence electrons. The lowest BCUT2D eigenvalue weighted by Gasteiger charge is -2.35. The Balaban J connectivity index is 1.74. The number of morpholine rings is 1. The Morgan fingerprint density at radius 1 is 1.31 bits per heavy atom. The minimum atomic E-state index is -0.120. The highest BCUT2D eigenvalue weighted by molar-refractivity contribution is 4.78. The van der Waals surface area contributed by atoms with Crippen LogP contribution in [0.2, 0.25) is 0 Å². The summed E-state index contributed by atoms with van der Waals surface area (Å²) in [4.78, 5) is 2.35. The second-order valence-electron chi connectivity index (χ2n) is 5.41. The van der Waals surface area contributed by atoms with Crippen LogP contribution < -0.4 is 0 Å². The van der Waals surface area contributed by atoms with E-state index >= 15 is 0 Å². The SMILES string of the molecule is CC1CN(CC(O)C2CCCCC2)CCO1. The van der Waals surface area contributed by atoms with Crippen molar-refractivity contribution in [3.8, 4) is 0 Å². The van der Waals surface area contributed by atoms with Crippen molar-refractivity contribution in [2.75, 3.05) is 26.2 Å². The van der Waals surface area contributed by atoms with E-state index in [0.717, 1.165) is 26.2 Å². The smallest absolute Gasteiger partial charge is 0.0695 e. The Labute approximate surface area is 98.8 Å². The molecule has 1 aliphatic carbocycles. The molecule has 0 aromatic carbocycles. The van der Waals surface area contributed by atoms with Crippen molar-refractivity contribution >= 4 is 0 Å². The summed E-state index contributed by atoms with van der Waals surface area (Å²) in [5.74, 6) is 0.548. The molecule has 0 aromatic heterocycles. The zero-order valence-electron chi connectivity index (χ0n) is 10.4. The van der Waals surface area contributed by atoms with Crippen LogP contribution in [0.3, 0.4) is 0 Å². The molecule has 2 atom stereocenters. The van der Waals surface area contributed by atoms with Gasteiger partial charge in [0.15, 0.2) is 0 Å². The van der Waals surface area contributed by atoms with Crippen LogP contribution in [0.25, 0.3) is 0 Å². The molecule has 0 bridgehead atoms. The highest BCUT2D eigenvalue weighted by Crippen LogP contribution is 2.27. The Morgan fingerprint density at radius 3 is 2.75 bits per heavy atom. The van der Waals surface area contributed by atoms with Gasteiger partial charge in [-0.3, -0.25) is 4.90 Å². The zero-order valence-corrected chi connectivity index (χ0v) is 10.4. The van der Waals surface area contributed by atoms with E-state index in [-0.39, 0.29) is 6.10 Å². The van der Waals surface area contributed by atoms with E-state index in [1.165, 1.54) is 32.1 Å². The number of hydrogen-bond acceptors (Lipinski definition) is 3. The lowest BCUT2D eigenvalue weighted by atomic mass is 9.85. The van der Waals surface area contributed by atoms with Gasteiger partial charge < -0.3 is 9.84 Å². The summed E-state index contributed by atoms with van der Waals surface area (Å²) < 4.78 is 5.51. The first kappa shape index (κ1) is 12.3. The number of rotatable bonds is 3. The lowest BCUT2D eigenvalue weighted by Crippen LogP contribution is -2.46. The molecule has 2 unspecified atom stereocenters. The Hall–Kier alpha value is -0.120. The van der Waals surface area contributed by atoms with E-state index in [2.05, 4.69) is 11.8 Å². The number of nitrogens with zero attached hydrogens (tertiary/aromatic N) is 1. The van der Waals surface area contributed by atoms with Gasteiger partial charge >= 0.3 is 0 Å². The fraction of sp³-hybridized carbons (Fsp3) is 1.00. The lowest BCUT2D eigenvalue weighted by molar-refractivity contribution is -0.0410. The average Bonchev–Trinajstić information content (AvgIpc) is 2.30. The Kier molecular flexibility index (Phi) is 4.62. The minimum absolute atomic E-state index is 0.120. The third kappa shape index (κ3) is 3.44. The number of ether oxygens (including phenoxy) is 1. The fourth-order valence-corrected chi connectivity index (χ4v) is 2.99. The summed E-state index contributed by atoms with van der Waals surface area (Å²) >= 11 is 0. The van der Waals surface area contributed by atoms with Crippen LogP contribution >= 0.6 is 0 Å². The predicted octanol–water partition coefficient (Wildman–Crippen LogP) is 1.65. The van der Waals surface area contributed by atoms with Gasteiger partial charge in [-0.15, -0.1) is 0 Å². The second-order valence-corrected chi connectivity index (χ2v) is 5.41. The van der Waals surface area contributed by atoms with Crippen LogP contribution in [-0.2, 0) is 4.74 Å². The molecule has 0 aromatic rings. The van der Waals surface area contributed by atoms with Crippen molar-refractivity contribution < 1.29 is 9.84 Å². The molecule has 1 saturated heterocycles. The van der Waals surface area contributed by atoms with Crippen LogP contribution in [0.5, 0.6) is 0 Å². The van der Waals surface area contributed by atoms with Crippen molar-refractivity contribution in [1.29, 1.82) is 0 Å². The zero-order chi connectivity index (χ0) is 11.4. The molecule has 0 spiro atoms. The first-order chi connectivity index (χ1) is 7.75. The molecule has 1 aliphatic heterocycles. The first-order valence-corrected chi connectivity index (χ1v) is 6.77. The predicted molar refractivity (Wildman–Crippen MR) is 64.4 cm³/mol. The van der Waals surface area contributed by atoms with Gasteiger partial charge in [0.2, 0.25) is 0 Å². The van der Waals surface area contributed by atoms with Crippen molar-refractivity contribution in [3.05, 3.63) is 0 Å². The number of β-amino-alcohol motifs (C(OH)–C–C–N with tert-alkyl or cyclic N) is 1. The van der Waals surface area contributed by atoms with E-state index in [1.807, 2.05) is 0 Å². The fourth-order valence-electron chi connectivity index (χ4n) is 2.99. The maximum absolute atomic E-state index is 10.2. The normalized spacial score (nSPS) is 31.5. The standard InChI is InChI=1S/C13H25NO2/c1-11-9-14(7-8-16-11)10-13(15)12-5-3-2-4-6-12/h11-13,15H,2-10H2,1H3. The number of aliphatic hydroxyl groups excluding tert-OH is 1. The summed E-state index contributed by atoms with van der Waals surface area (Å²) in [6.45, 7) is 5.73. The number of aliphatic hydroxyl groups is 1. The molecule has 3 heteroatoms. The largest absolute Gasteiger partial charge is 0.392 e. The van der Waals surface area contributed by atoms with Crippen LogP contribution in [0.4, 0.5) is 0 Å². The highest BCUT2D eigenvalue weighted by atomic mass is 16.5. The molecule has 16 heavy (non-hydrogen) atoms. The molecule has 1 heterocycles. The van der Waals surface area contributed by atoms with Gasteiger partial charge in [-0.1, -0.05) is 19.3 Å². The Morgan fingerprint density at radius 2 is 2.06 bits per heavy atom. The van der Waals surface area contributed by atoms with Gasteiger partial charge in [-0.05, 0) is 25.7 Å². The summed E-state index contributed by atoms with van der Waals surface area (Å²) in [6.07, 6.45) is 6.63. The average molecular weight is 227 g/mol. The minimum Gasteiger partial charge on any atom is -0.392 e. The van der Waals surface area contributed by atoms with E-state index in [0.29, 0.717) is 12.0 Å². The third-order valence-corrected chi connectivity index (χ3v) is 3.96. The summed E-state index contributed by atoms with van der Waals surface area (Å²) in [5, 5.41) is 10.2. The molecule has 0 radical (unpaired) electrons. The molecule has 1 saturated carbocycles. The van der Waals surface area contributed by atoms with E-state index in [1.54, 1.807) is 0 Å². The van der Waals surface area contributed by atoms with Crippen molar-refractivity contribution in [2.45, 2.75) is 51.2 Å². The van der Waals surface area contributed by atoms with Crippen molar-refractivity contribution in [2.24, 2.45) is 5.92 Å². The molecular formula is C13H25NO2. The molecule has 2 rings (SSSR count). The van der Waals surface area contributed by atoms with Gasteiger partial charge in [0.1, 0.15) is 0 Å². The first-order valence-electron chi connectivity index (χ1n) is 6.77. The molecular weight excluding hydrogens is 202 g/mol.